The van der Waals surface area contributed by atoms with Crippen molar-refractivity contribution in [1.29, 1.82) is 0 Å². The maximum Gasteiger partial charge on any atom is 0.254 e. The topological polar surface area (TPSA) is 99.3 Å². The van der Waals surface area contributed by atoms with Crippen LogP contribution in [0.5, 0.6) is 0 Å². The third kappa shape index (κ3) is 4.09. The summed E-state index contributed by atoms with van der Waals surface area (Å²) in [5, 5.41) is 22.5. The number of hydrogen-bond donors (Lipinski definition) is 3. The van der Waals surface area contributed by atoms with Crippen molar-refractivity contribution in [1.82, 2.24) is 9.63 Å². The zero-order chi connectivity index (χ0) is 20.4. The minimum absolute atomic E-state index is 0.183. The first-order valence-corrected chi connectivity index (χ1v) is 9.30. The number of aliphatic hydroxyl groups excluding tert-OH is 2. The van der Waals surface area contributed by atoms with Gasteiger partial charge in [-0.3, -0.25) is 14.2 Å². The molecular weight excluding hydrogens is 482 g/mol. The summed E-state index contributed by atoms with van der Waals surface area (Å²) in [4.78, 5) is 21.9. The summed E-state index contributed by atoms with van der Waals surface area (Å²) in [6.45, 7) is 3.33. The van der Waals surface area contributed by atoms with Gasteiger partial charge in [-0.25, -0.2) is 14.4 Å². The van der Waals surface area contributed by atoms with Gasteiger partial charge in [-0.2, -0.15) is 0 Å². The fourth-order valence-electron chi connectivity index (χ4n) is 2.57. The van der Waals surface area contributed by atoms with Crippen LogP contribution >= 0.6 is 22.6 Å². The Kier molecular flexibility index (Phi) is 6.13. The molecule has 1 aliphatic heterocycles. The molecule has 0 spiro atoms. The molecule has 148 valence electrons. The normalized spacial score (nSPS) is 14.2. The number of nitrogens with zero attached hydrogens (tertiary/aromatic N) is 3. The van der Waals surface area contributed by atoms with Crippen molar-refractivity contribution in [2.75, 3.05) is 18.5 Å². The predicted octanol–water partition coefficient (Wildman–Crippen LogP) is 2.10. The van der Waals surface area contributed by atoms with Crippen molar-refractivity contribution >= 4 is 51.8 Å². The van der Waals surface area contributed by atoms with Crippen LogP contribution in [-0.4, -0.2) is 45.5 Å². The molecule has 0 radical (unpaired) electrons. The predicted molar refractivity (Wildman–Crippen MR) is 112 cm³/mol. The summed E-state index contributed by atoms with van der Waals surface area (Å²) < 4.78 is 16.4. The van der Waals surface area contributed by atoms with Gasteiger partial charge in [0.25, 0.3) is 5.56 Å². The van der Waals surface area contributed by atoms with Gasteiger partial charge in [0.15, 0.2) is 0 Å². The van der Waals surface area contributed by atoms with Crippen molar-refractivity contribution in [3.8, 4) is 0 Å². The Balaban J connectivity index is 2.00. The van der Waals surface area contributed by atoms with Gasteiger partial charge in [0.1, 0.15) is 30.7 Å². The van der Waals surface area contributed by atoms with Crippen LogP contribution < -0.4 is 10.9 Å². The van der Waals surface area contributed by atoms with E-state index in [9.17, 15) is 14.3 Å². The molecular formula is C18H18FIN4O4. The van der Waals surface area contributed by atoms with Gasteiger partial charge in [-0.05, 0) is 40.8 Å². The number of hydroxylamine groups is 2. The summed E-state index contributed by atoms with van der Waals surface area (Å²) in [6.07, 6.45) is 0.241. The molecule has 1 atom stereocenters. The molecule has 0 amide bonds. The summed E-state index contributed by atoms with van der Waals surface area (Å²) in [5.74, 6) is -0.140. The molecule has 2 aromatic rings. The van der Waals surface area contributed by atoms with Crippen LogP contribution in [0.1, 0.15) is 5.56 Å². The second-order valence-corrected chi connectivity index (χ2v) is 7.30. The third-order valence-corrected chi connectivity index (χ3v) is 4.74. The fourth-order valence-corrected chi connectivity index (χ4v) is 3.03. The minimum Gasteiger partial charge on any atom is -0.394 e. The van der Waals surface area contributed by atoms with Gasteiger partial charge in [0.2, 0.25) is 0 Å². The molecule has 8 nitrogen and oxygen atoms in total. The van der Waals surface area contributed by atoms with Gasteiger partial charge < -0.3 is 15.5 Å². The zero-order valence-corrected chi connectivity index (χ0v) is 17.1. The number of pyridine rings is 1. The molecule has 2 heterocycles. The molecule has 10 heteroatoms. The van der Waals surface area contributed by atoms with E-state index in [0.29, 0.717) is 22.8 Å². The highest BCUT2D eigenvalue weighted by Gasteiger charge is 2.25. The van der Waals surface area contributed by atoms with Crippen LogP contribution in [-0.2, 0) is 11.9 Å². The first-order valence-electron chi connectivity index (χ1n) is 8.22. The number of fused-ring (bicyclic) bond motifs is 1. The van der Waals surface area contributed by atoms with E-state index >= 15 is 0 Å². The number of aliphatic hydroxyl groups is 2. The zero-order valence-electron chi connectivity index (χ0n) is 14.9. The summed E-state index contributed by atoms with van der Waals surface area (Å²) >= 11 is 2.00. The molecule has 0 aliphatic carbocycles. The maximum atomic E-state index is 14.3. The smallest absolute Gasteiger partial charge is 0.254 e. The standard InChI is InChI=1S/C18H18FIN4O4/c1-10-17-15(22-14-4-3-11(20)5-13(14)19)6-16(27)23(2)18(17)21-9-24(10)28-8-12(26)7-25/h3-6,9,12,22,25-26H,1,7-8H2,2H3/t12-/m1/s1. The first kappa shape index (κ1) is 20.5. The molecule has 1 aromatic carbocycles. The van der Waals surface area contributed by atoms with Gasteiger partial charge in [-0.15, -0.1) is 0 Å². The highest BCUT2D eigenvalue weighted by atomic mass is 127. The number of anilines is 2. The van der Waals surface area contributed by atoms with E-state index in [4.69, 9.17) is 9.94 Å². The number of rotatable bonds is 6. The van der Waals surface area contributed by atoms with E-state index in [2.05, 4.69) is 16.9 Å². The van der Waals surface area contributed by atoms with Crippen molar-refractivity contribution in [3.05, 3.63) is 56.1 Å². The lowest BCUT2D eigenvalue weighted by Crippen LogP contribution is -2.31. The summed E-state index contributed by atoms with van der Waals surface area (Å²) in [5.41, 5.74) is 0.958. The Morgan fingerprint density at radius 1 is 1.39 bits per heavy atom. The Labute approximate surface area is 173 Å². The molecule has 1 aromatic heterocycles. The molecule has 28 heavy (non-hydrogen) atoms. The summed E-state index contributed by atoms with van der Waals surface area (Å²) in [7, 11) is 1.56. The number of aliphatic imine (C=N–C) groups is 1. The Bertz CT molecular complexity index is 1010. The first-order chi connectivity index (χ1) is 13.3. The van der Waals surface area contributed by atoms with Crippen LogP contribution in [0.2, 0.25) is 0 Å². The van der Waals surface area contributed by atoms with Gasteiger partial charge in [0, 0.05) is 16.7 Å². The van der Waals surface area contributed by atoms with Crippen LogP contribution in [0.25, 0.3) is 5.70 Å². The highest BCUT2D eigenvalue weighted by molar-refractivity contribution is 14.1. The van der Waals surface area contributed by atoms with Crippen molar-refractivity contribution in [3.63, 3.8) is 0 Å². The molecule has 0 unspecified atom stereocenters. The number of hydrogen-bond acceptors (Lipinski definition) is 7. The van der Waals surface area contributed by atoms with Crippen LogP contribution in [0.4, 0.5) is 21.6 Å². The van der Waals surface area contributed by atoms with Crippen molar-refractivity contribution < 1.29 is 19.4 Å². The molecule has 1 aliphatic rings. The maximum absolute atomic E-state index is 14.3. The van der Waals surface area contributed by atoms with Gasteiger partial charge in [-0.1, -0.05) is 6.58 Å². The molecule has 0 saturated carbocycles. The molecule has 0 saturated heterocycles. The Morgan fingerprint density at radius 3 is 2.82 bits per heavy atom. The SMILES string of the molecule is C=C1c2c(Nc3ccc(I)cc3F)cc(=O)n(C)c2N=CN1OC[C@H](O)CO. The van der Waals surface area contributed by atoms with Crippen LogP contribution in [0.15, 0.2) is 40.6 Å². The Hall–Kier alpha value is -2.28. The monoisotopic (exact) mass is 500 g/mol. The number of benzene rings is 1. The van der Waals surface area contributed by atoms with E-state index in [-0.39, 0.29) is 17.9 Å². The van der Waals surface area contributed by atoms with Crippen molar-refractivity contribution in [2.45, 2.75) is 6.10 Å². The van der Waals surface area contributed by atoms with Crippen LogP contribution in [0.3, 0.4) is 0 Å². The van der Waals surface area contributed by atoms with E-state index in [1.54, 1.807) is 19.2 Å². The highest BCUT2D eigenvalue weighted by Crippen LogP contribution is 2.37. The van der Waals surface area contributed by atoms with Crippen molar-refractivity contribution in [2.24, 2.45) is 12.0 Å². The number of aromatic nitrogens is 1. The van der Waals surface area contributed by atoms with E-state index in [1.807, 2.05) is 22.6 Å². The Morgan fingerprint density at radius 2 is 2.14 bits per heavy atom. The number of halogens is 2. The lowest BCUT2D eigenvalue weighted by atomic mass is 10.1. The van der Waals surface area contributed by atoms with E-state index in [0.717, 1.165) is 3.57 Å². The van der Waals surface area contributed by atoms with E-state index in [1.165, 1.54) is 28.1 Å². The summed E-state index contributed by atoms with van der Waals surface area (Å²) in [6, 6.07) is 6.00. The molecule has 3 rings (SSSR count). The van der Waals surface area contributed by atoms with Gasteiger partial charge in [0.05, 0.1) is 29.2 Å². The largest absolute Gasteiger partial charge is 0.394 e. The lowest BCUT2D eigenvalue weighted by Gasteiger charge is -2.28. The quantitative estimate of drug-likeness (QED) is 0.526. The average molecular weight is 500 g/mol. The van der Waals surface area contributed by atoms with Crippen LogP contribution in [0, 0.1) is 9.39 Å². The number of nitrogens with one attached hydrogen (secondary N) is 1. The van der Waals surface area contributed by atoms with E-state index < -0.39 is 18.5 Å². The minimum atomic E-state index is -1.07. The second kappa shape index (κ2) is 8.39. The lowest BCUT2D eigenvalue weighted by molar-refractivity contribution is -0.0944. The molecule has 0 fully saturated rings. The van der Waals surface area contributed by atoms with Gasteiger partial charge >= 0.3 is 0 Å². The second-order valence-electron chi connectivity index (χ2n) is 6.05. The fraction of sp³-hybridized carbons (Fsp3) is 0.222. The third-order valence-electron chi connectivity index (χ3n) is 4.07. The molecule has 3 N–H and O–H groups in total. The molecule has 0 bridgehead atoms. The average Bonchev–Trinajstić information content (AvgIpc) is 2.66.